The monoisotopic (exact) mass is 519 g/mol. The number of nitrogens with zero attached hydrogens (tertiary/aromatic N) is 2. The first-order valence-electron chi connectivity index (χ1n) is 11.4. The molecule has 0 saturated heterocycles. The number of nitrogens with one attached hydrogen (secondary N) is 1. The fraction of sp³-hybridized carbons (Fsp3) is 0.143. The van der Waals surface area contributed by atoms with Crippen molar-refractivity contribution in [3.63, 3.8) is 0 Å². The number of amides is 1. The van der Waals surface area contributed by atoms with Crippen LogP contribution in [0.4, 0.5) is 5.69 Å². The maximum atomic E-state index is 12.6. The maximum Gasteiger partial charge on any atom is 0.271 e. The van der Waals surface area contributed by atoms with E-state index in [2.05, 4.69) is 23.7 Å². The average Bonchev–Trinajstić information content (AvgIpc) is 2.90. The Morgan fingerprint density at radius 3 is 2.30 bits per heavy atom. The van der Waals surface area contributed by atoms with Gasteiger partial charge in [-0.15, -0.1) is 0 Å². The first-order valence-corrected chi connectivity index (χ1v) is 13.2. The molecule has 0 spiro atoms. The van der Waals surface area contributed by atoms with Gasteiger partial charge in [0, 0.05) is 17.2 Å². The molecule has 3 aromatic carbocycles. The number of benzene rings is 3. The summed E-state index contributed by atoms with van der Waals surface area (Å²) in [6, 6.07) is 20.8. The number of hydrogen-bond donors (Lipinski definition) is 1. The lowest BCUT2D eigenvalue weighted by Gasteiger charge is -2.22. The van der Waals surface area contributed by atoms with Gasteiger partial charge in [-0.3, -0.25) is 9.10 Å². The van der Waals surface area contributed by atoms with Gasteiger partial charge in [-0.1, -0.05) is 55.6 Å². The quantitative estimate of drug-likeness (QED) is 0.203. The smallest absolute Gasteiger partial charge is 0.271 e. The fourth-order valence-corrected chi connectivity index (χ4v) is 4.17. The molecule has 0 aliphatic rings. The van der Waals surface area contributed by atoms with Crippen molar-refractivity contribution in [1.82, 2.24) is 5.43 Å². The Morgan fingerprint density at radius 1 is 0.973 bits per heavy atom. The van der Waals surface area contributed by atoms with Crippen LogP contribution in [-0.2, 0) is 16.6 Å². The maximum absolute atomic E-state index is 12.6. The van der Waals surface area contributed by atoms with Gasteiger partial charge >= 0.3 is 0 Å². The van der Waals surface area contributed by atoms with E-state index in [0.29, 0.717) is 41.5 Å². The molecule has 1 N–H and O–H groups in total. The van der Waals surface area contributed by atoms with E-state index in [0.717, 1.165) is 11.8 Å². The first kappa shape index (κ1) is 27.2. The number of carbonyl (C=O) groups is 1. The average molecular weight is 520 g/mol. The largest absolute Gasteiger partial charge is 0.489 e. The standard InChI is InChI=1S/C28H29N3O5S/c1-4-17-35-26-16-15-24(27(19-26)36-18-5-2)20-29-30-28(32)23-13-11-22(12-14-23)21-31(37(3,33)34)25-9-7-6-8-10-25/h4-16,19-20H,1-2,17-18,21H2,3H3,(H,30,32)/b29-20-. The summed E-state index contributed by atoms with van der Waals surface area (Å²) in [6.45, 7) is 8.08. The van der Waals surface area contributed by atoms with E-state index in [-0.39, 0.29) is 6.54 Å². The van der Waals surface area contributed by atoms with Crippen LogP contribution in [0.3, 0.4) is 0 Å². The van der Waals surface area contributed by atoms with Crippen molar-refractivity contribution >= 4 is 27.8 Å². The van der Waals surface area contributed by atoms with E-state index in [1.165, 1.54) is 10.5 Å². The lowest BCUT2D eigenvalue weighted by atomic mass is 10.1. The highest BCUT2D eigenvalue weighted by Gasteiger charge is 2.17. The van der Waals surface area contributed by atoms with Crippen LogP contribution in [-0.4, -0.2) is 40.0 Å². The Morgan fingerprint density at radius 2 is 1.65 bits per heavy atom. The molecule has 192 valence electrons. The number of carbonyl (C=O) groups excluding carboxylic acids is 1. The first-order chi connectivity index (χ1) is 17.8. The fourth-order valence-electron chi connectivity index (χ4n) is 3.29. The molecule has 37 heavy (non-hydrogen) atoms. The van der Waals surface area contributed by atoms with Gasteiger partial charge in [-0.25, -0.2) is 13.8 Å². The molecule has 9 heteroatoms. The second-order valence-electron chi connectivity index (χ2n) is 7.90. The minimum Gasteiger partial charge on any atom is -0.489 e. The zero-order valence-electron chi connectivity index (χ0n) is 20.5. The Hall–Kier alpha value is -4.37. The number of rotatable bonds is 13. The van der Waals surface area contributed by atoms with Crippen molar-refractivity contribution < 1.29 is 22.7 Å². The van der Waals surface area contributed by atoms with Crippen LogP contribution in [0.15, 0.2) is 103 Å². The van der Waals surface area contributed by atoms with Crippen LogP contribution in [0.5, 0.6) is 11.5 Å². The van der Waals surface area contributed by atoms with Crippen LogP contribution in [0.1, 0.15) is 21.5 Å². The number of hydrogen-bond acceptors (Lipinski definition) is 6. The van der Waals surface area contributed by atoms with Gasteiger partial charge in [0.25, 0.3) is 5.91 Å². The molecule has 0 aliphatic carbocycles. The topological polar surface area (TPSA) is 97.3 Å². The summed E-state index contributed by atoms with van der Waals surface area (Å²) in [5.74, 6) is 0.727. The number of sulfonamides is 1. The Labute approximate surface area is 217 Å². The van der Waals surface area contributed by atoms with Gasteiger partial charge in [0.1, 0.15) is 24.7 Å². The second kappa shape index (κ2) is 13.1. The predicted molar refractivity (Wildman–Crippen MR) is 147 cm³/mol. The van der Waals surface area contributed by atoms with E-state index in [1.54, 1.807) is 78.9 Å². The molecule has 0 atom stereocenters. The highest BCUT2D eigenvalue weighted by atomic mass is 32.2. The summed E-state index contributed by atoms with van der Waals surface area (Å²) in [4.78, 5) is 12.6. The summed E-state index contributed by atoms with van der Waals surface area (Å²) in [5.41, 5.74) is 4.82. The van der Waals surface area contributed by atoms with Crippen molar-refractivity contribution in [1.29, 1.82) is 0 Å². The summed E-state index contributed by atoms with van der Waals surface area (Å²) in [6.07, 6.45) is 5.91. The number of anilines is 1. The van der Waals surface area contributed by atoms with Gasteiger partial charge in [0.05, 0.1) is 24.7 Å². The molecule has 3 rings (SSSR count). The molecule has 0 fully saturated rings. The zero-order chi connectivity index (χ0) is 26.7. The van der Waals surface area contributed by atoms with Crippen LogP contribution in [0.25, 0.3) is 0 Å². The molecule has 0 heterocycles. The molecular formula is C28H29N3O5S. The lowest BCUT2D eigenvalue weighted by molar-refractivity contribution is 0.0955. The Balaban J connectivity index is 1.67. The SMILES string of the molecule is C=CCOc1ccc(/C=N\NC(=O)c2ccc(CN(c3ccccc3)S(C)(=O)=O)cc2)c(OCC=C)c1. The van der Waals surface area contributed by atoms with E-state index in [4.69, 9.17) is 9.47 Å². The normalized spacial score (nSPS) is 11.1. The third-order valence-corrected chi connectivity index (χ3v) is 6.21. The number of para-hydroxylation sites is 1. The molecular weight excluding hydrogens is 490 g/mol. The van der Waals surface area contributed by atoms with E-state index in [1.807, 2.05) is 6.07 Å². The van der Waals surface area contributed by atoms with Gasteiger partial charge in [0.15, 0.2) is 0 Å². The van der Waals surface area contributed by atoms with Crippen molar-refractivity contribution in [2.75, 3.05) is 23.8 Å². The van der Waals surface area contributed by atoms with Crippen LogP contribution in [0.2, 0.25) is 0 Å². The van der Waals surface area contributed by atoms with Crippen molar-refractivity contribution in [3.8, 4) is 11.5 Å². The van der Waals surface area contributed by atoms with Crippen LogP contribution < -0.4 is 19.2 Å². The zero-order valence-corrected chi connectivity index (χ0v) is 21.4. The number of ether oxygens (including phenoxy) is 2. The van der Waals surface area contributed by atoms with E-state index < -0.39 is 15.9 Å². The third-order valence-electron chi connectivity index (χ3n) is 5.07. The molecule has 1 amide bonds. The molecule has 8 nitrogen and oxygen atoms in total. The lowest BCUT2D eigenvalue weighted by Crippen LogP contribution is -2.29. The van der Waals surface area contributed by atoms with Gasteiger partial charge in [-0.05, 0) is 42.0 Å². The molecule has 0 aliphatic heterocycles. The molecule has 0 unspecified atom stereocenters. The summed E-state index contributed by atoms with van der Waals surface area (Å²) in [7, 11) is -3.49. The van der Waals surface area contributed by atoms with Gasteiger partial charge < -0.3 is 9.47 Å². The molecule has 0 saturated carbocycles. The van der Waals surface area contributed by atoms with Crippen molar-refractivity contribution in [2.24, 2.45) is 5.10 Å². The minimum absolute atomic E-state index is 0.142. The van der Waals surface area contributed by atoms with E-state index >= 15 is 0 Å². The van der Waals surface area contributed by atoms with Crippen molar-refractivity contribution in [2.45, 2.75) is 6.54 Å². The molecule has 0 radical (unpaired) electrons. The van der Waals surface area contributed by atoms with Crippen LogP contribution >= 0.6 is 0 Å². The summed E-state index contributed by atoms with van der Waals surface area (Å²) < 4.78 is 37.2. The Kier molecular flexibility index (Phi) is 9.62. The predicted octanol–water partition coefficient (Wildman–Crippen LogP) is 4.55. The Bertz CT molecular complexity index is 1350. The molecule has 0 bridgehead atoms. The van der Waals surface area contributed by atoms with Crippen molar-refractivity contribution in [3.05, 3.63) is 115 Å². The van der Waals surface area contributed by atoms with E-state index in [9.17, 15) is 13.2 Å². The summed E-state index contributed by atoms with van der Waals surface area (Å²) >= 11 is 0. The highest BCUT2D eigenvalue weighted by molar-refractivity contribution is 7.92. The highest BCUT2D eigenvalue weighted by Crippen LogP contribution is 2.24. The summed E-state index contributed by atoms with van der Waals surface area (Å²) in [5, 5.41) is 4.05. The molecule has 0 aromatic heterocycles. The van der Waals surface area contributed by atoms with Gasteiger partial charge in [0.2, 0.25) is 10.0 Å². The van der Waals surface area contributed by atoms with Gasteiger partial charge in [-0.2, -0.15) is 5.10 Å². The molecule has 3 aromatic rings. The second-order valence-corrected chi connectivity index (χ2v) is 9.81. The third kappa shape index (κ3) is 8.08. The minimum atomic E-state index is -3.49. The van der Waals surface area contributed by atoms with Crippen LogP contribution in [0, 0.1) is 0 Å². The number of hydrazone groups is 1.